The Balaban J connectivity index is 0.996. The minimum absolute atomic E-state index is 0.00446. The van der Waals surface area contributed by atoms with Crippen molar-refractivity contribution < 1.29 is 24.7 Å². The minimum atomic E-state index is -0.812. The molecule has 118 heavy (non-hydrogen) atoms. The van der Waals surface area contributed by atoms with Crippen LogP contribution in [0.2, 0.25) is 0 Å². The summed E-state index contributed by atoms with van der Waals surface area (Å²) in [4.78, 5) is 6.37. The highest BCUT2D eigenvalue weighted by Crippen LogP contribution is 2.57. The van der Waals surface area contributed by atoms with Crippen molar-refractivity contribution >= 4 is 118 Å². The van der Waals surface area contributed by atoms with Gasteiger partial charge in [0.1, 0.15) is 0 Å². The zero-order valence-corrected chi connectivity index (χ0v) is 68.1. The van der Waals surface area contributed by atoms with Crippen molar-refractivity contribution in [2.45, 2.75) is 105 Å². The van der Waals surface area contributed by atoms with Crippen molar-refractivity contribution in [2.24, 2.45) is 0 Å². The van der Waals surface area contributed by atoms with Crippen molar-refractivity contribution in [3.05, 3.63) is 386 Å². The van der Waals surface area contributed by atoms with E-state index in [0.717, 1.165) is 128 Å². The SMILES string of the molecule is [2H]c1c([2H])c([2H])c(-c2ccc3c(c2)N(c2c(-c4ccccc4)cc(C(C)(C)C)cc2-c2ccccc2)c2cc(-n4c5ccc(C(C)(C)C)cc5c5cc(C(C)(C)C)ccc54)cc4c2B3c2ccc(N(c3ccc(-n5c6c([2H])c([2H])c([2H])c([2H])c6c6c([2H])c([2H])c([2H])c([2H])c65)cc3)c3c([2H])c([2H])c([2H])c([2H])c3[2H])cc2N4c2c(-c3ccccc3)cc(C(C)(C)C)cc2-c2ccccc2)c([2H])c1[2H]. The third-order valence-corrected chi connectivity index (χ3v) is 23.7. The summed E-state index contributed by atoms with van der Waals surface area (Å²) in [5.41, 5.74) is 19.4. The number of para-hydroxylation sites is 3. The normalized spacial score (nSPS) is 15.0. The molecule has 0 radical (unpaired) electrons. The molecular weight excluding hydrogens is 1430 g/mol. The molecule has 0 saturated carbocycles. The van der Waals surface area contributed by atoms with Crippen LogP contribution in [0.15, 0.2) is 364 Å². The summed E-state index contributed by atoms with van der Waals surface area (Å²) in [6.45, 7) is 25.8. The molecule has 0 atom stereocenters. The second kappa shape index (κ2) is 28.2. The van der Waals surface area contributed by atoms with Gasteiger partial charge >= 0.3 is 0 Å². The Labute approximate surface area is 720 Å². The van der Waals surface area contributed by atoms with Crippen LogP contribution in [-0.4, -0.2) is 15.8 Å². The Morgan fingerprint density at radius 3 is 1.08 bits per heavy atom. The van der Waals surface area contributed by atoms with Gasteiger partial charge in [0, 0.05) is 89.3 Å². The lowest BCUT2D eigenvalue weighted by atomic mass is 9.33. The molecule has 16 aromatic carbocycles. The van der Waals surface area contributed by atoms with Gasteiger partial charge in [-0.3, -0.25) is 0 Å². The molecular formula is C112H96BN5. The maximum Gasteiger partial charge on any atom is 0.252 e. The van der Waals surface area contributed by atoms with Gasteiger partial charge in [-0.25, -0.2) is 0 Å². The molecule has 0 saturated heterocycles. The summed E-state index contributed by atoms with van der Waals surface area (Å²) in [6, 6.07) is 77.5. The second-order valence-corrected chi connectivity index (χ2v) is 35.2. The molecule has 0 aliphatic carbocycles. The first-order valence-corrected chi connectivity index (χ1v) is 40.4. The van der Waals surface area contributed by atoms with Gasteiger partial charge in [0.2, 0.25) is 0 Å². The van der Waals surface area contributed by atoms with Crippen LogP contribution >= 0.6 is 0 Å². The predicted molar refractivity (Wildman–Crippen MR) is 506 cm³/mol. The molecule has 2 aromatic heterocycles. The van der Waals surface area contributed by atoms with Crippen molar-refractivity contribution in [3.63, 3.8) is 0 Å². The number of aromatic nitrogens is 2. The molecule has 5 nitrogen and oxygen atoms in total. The van der Waals surface area contributed by atoms with Crippen LogP contribution in [0, 0.1) is 0 Å². The smallest absolute Gasteiger partial charge is 0.252 e. The number of benzene rings is 16. The number of hydrogen-bond acceptors (Lipinski definition) is 3. The molecule has 18 aromatic rings. The molecule has 4 heterocycles. The van der Waals surface area contributed by atoms with E-state index in [0.29, 0.717) is 28.3 Å². The molecule has 20 rings (SSSR count). The summed E-state index contributed by atoms with van der Waals surface area (Å²) in [5.74, 6) is 0. The van der Waals surface area contributed by atoms with Crippen molar-refractivity contribution in [1.82, 2.24) is 9.13 Å². The molecule has 6 heteroatoms. The van der Waals surface area contributed by atoms with Crippen LogP contribution in [0.4, 0.5) is 51.2 Å². The Bertz CT molecular complexity index is 7790. The second-order valence-electron chi connectivity index (χ2n) is 35.2. The minimum Gasteiger partial charge on any atom is -0.310 e. The molecule has 572 valence electrons. The molecule has 0 N–H and O–H groups in total. The van der Waals surface area contributed by atoms with Gasteiger partial charge in [0.05, 0.1) is 63.8 Å². The van der Waals surface area contributed by atoms with Gasteiger partial charge < -0.3 is 23.8 Å². The Kier molecular flexibility index (Phi) is 13.4. The Hall–Kier alpha value is -13.4. The monoisotopic (exact) mass is 1540 g/mol. The van der Waals surface area contributed by atoms with Gasteiger partial charge in [-0.05, 0) is 221 Å². The van der Waals surface area contributed by atoms with E-state index in [-0.39, 0.29) is 67.3 Å². The summed E-state index contributed by atoms with van der Waals surface area (Å²) in [7, 11) is 0. The lowest BCUT2D eigenvalue weighted by Gasteiger charge is -2.46. The molecule has 0 spiro atoms. The summed E-state index contributed by atoms with van der Waals surface area (Å²) in [6.07, 6.45) is 0. The van der Waals surface area contributed by atoms with Crippen LogP contribution in [0.1, 0.15) is 130 Å². The molecule has 2 aliphatic rings. The Morgan fingerprint density at radius 2 is 0.644 bits per heavy atom. The standard InChI is InChI=1S/C112H96BN5/c1-109(2,3)79-52-61-100-94(64-79)95-65-80(110(4,5)6)53-62-101(95)116(100)87-71-104-106-105(72-87)118(108-92(76-41-25-16-26-42-76)68-82(112(10,11)12)69-93(108)77-43-27-17-28-44-77)103-70-86(114(83-45-29-18-30-46-83)84-54-56-85(57-55-84)115-98-49-33-31-47-88(98)89-48-32-34-50-99(89)115)58-60-97(103)113(106)96-59-51-78(73-35-19-13-20-36-73)63-102(96)117(104)107-90(74-37-21-14-22-38-74)66-81(111(7,8)9)67-91(107)75-39-23-15-24-40-75/h13-72H,1-12H3/i13D,18D,19D,20D,29D,30D,31D,32D,33D,34D,35D,36D,45D,46D,47D,48D,49D,50D. The van der Waals surface area contributed by atoms with Gasteiger partial charge in [0.25, 0.3) is 6.71 Å². The van der Waals surface area contributed by atoms with E-state index in [2.05, 4.69) is 219 Å². The predicted octanol–water partition coefficient (Wildman–Crippen LogP) is 29.0. The quantitative estimate of drug-likeness (QED) is 0.114. The largest absolute Gasteiger partial charge is 0.310 e. The van der Waals surface area contributed by atoms with Crippen molar-refractivity contribution in [2.75, 3.05) is 14.7 Å². The fourth-order valence-corrected chi connectivity index (χ4v) is 17.7. The van der Waals surface area contributed by atoms with Gasteiger partial charge in [-0.2, -0.15) is 0 Å². The fourth-order valence-electron chi connectivity index (χ4n) is 17.7. The zero-order valence-electron chi connectivity index (χ0n) is 86.1. The molecule has 0 bridgehead atoms. The van der Waals surface area contributed by atoms with Gasteiger partial charge in [0.15, 0.2) is 0 Å². The topological polar surface area (TPSA) is 19.6 Å². The van der Waals surface area contributed by atoms with Crippen molar-refractivity contribution in [1.29, 1.82) is 0 Å². The van der Waals surface area contributed by atoms with Crippen LogP contribution in [0.25, 0.3) is 111 Å². The number of hydrogen-bond donors (Lipinski definition) is 0. The molecule has 0 fully saturated rings. The van der Waals surface area contributed by atoms with E-state index < -0.39 is 114 Å². The van der Waals surface area contributed by atoms with Crippen LogP contribution < -0.4 is 31.1 Å². The average molecular weight is 1540 g/mol. The highest BCUT2D eigenvalue weighted by atomic mass is 15.2. The van der Waals surface area contributed by atoms with E-state index in [4.69, 9.17) is 8.22 Å². The van der Waals surface area contributed by atoms with E-state index in [1.165, 1.54) is 4.57 Å². The highest BCUT2D eigenvalue weighted by molar-refractivity contribution is 7.00. The third-order valence-electron chi connectivity index (χ3n) is 23.7. The Morgan fingerprint density at radius 1 is 0.263 bits per heavy atom. The number of fused-ring (bicyclic) bond motifs is 10. The maximum atomic E-state index is 10.2. The lowest BCUT2D eigenvalue weighted by molar-refractivity contribution is 0.590. The average Bonchev–Trinajstić information content (AvgIpc) is 0.843. The van der Waals surface area contributed by atoms with Gasteiger partial charge in [-0.1, -0.05) is 319 Å². The number of rotatable bonds is 12. The maximum absolute atomic E-state index is 10.2. The first-order valence-electron chi connectivity index (χ1n) is 49.4. The number of nitrogens with zero attached hydrogens (tertiary/aromatic N) is 5. The van der Waals surface area contributed by atoms with E-state index in [1.807, 2.05) is 109 Å². The molecule has 2 aliphatic heterocycles. The van der Waals surface area contributed by atoms with Crippen LogP contribution in [0.5, 0.6) is 0 Å². The number of anilines is 9. The summed E-state index contributed by atoms with van der Waals surface area (Å²) in [5, 5.41) is 1.80. The molecule has 0 amide bonds. The summed E-state index contributed by atoms with van der Waals surface area (Å²) < 4.78 is 173. The van der Waals surface area contributed by atoms with Crippen LogP contribution in [0.3, 0.4) is 0 Å². The van der Waals surface area contributed by atoms with E-state index in [9.17, 15) is 16.4 Å². The highest BCUT2D eigenvalue weighted by Gasteiger charge is 2.47. The zero-order chi connectivity index (χ0) is 96.3. The summed E-state index contributed by atoms with van der Waals surface area (Å²) >= 11 is 0. The third kappa shape index (κ3) is 12.5. The van der Waals surface area contributed by atoms with E-state index >= 15 is 0 Å². The van der Waals surface area contributed by atoms with Crippen LogP contribution in [-0.2, 0) is 21.7 Å². The van der Waals surface area contributed by atoms with Gasteiger partial charge in [-0.15, -0.1) is 0 Å². The molecule has 0 unspecified atom stereocenters. The fraction of sp³-hybridized carbons (Fsp3) is 0.143. The first kappa shape index (κ1) is 56.0. The first-order chi connectivity index (χ1) is 64.5. The van der Waals surface area contributed by atoms with Crippen molar-refractivity contribution in [3.8, 4) is 67.0 Å². The van der Waals surface area contributed by atoms with E-state index in [1.54, 1.807) is 29.2 Å². The lowest BCUT2D eigenvalue weighted by Crippen LogP contribution is -2.61.